The molecule has 1 aliphatic carbocycles. The number of imidazole rings is 1. The number of anilines is 1. The van der Waals surface area contributed by atoms with Crippen LogP contribution in [0.5, 0.6) is 5.75 Å². The molecular weight excluding hydrogens is 374 g/mol. The third kappa shape index (κ3) is 3.46. The fourth-order valence-corrected chi connectivity index (χ4v) is 3.81. The van der Waals surface area contributed by atoms with Crippen molar-refractivity contribution in [1.82, 2.24) is 9.55 Å². The molecule has 5 rings (SSSR count). The van der Waals surface area contributed by atoms with Crippen LogP contribution in [0, 0.1) is 0 Å². The van der Waals surface area contributed by atoms with E-state index in [-0.39, 0.29) is 5.91 Å². The average molecular weight is 395 g/mol. The Hall–Kier alpha value is -3.86. The number of carbonyl (C=O) groups excluding carboxylic acids is 1. The highest BCUT2D eigenvalue weighted by atomic mass is 16.5. The second-order valence-electron chi connectivity index (χ2n) is 7.43. The molecule has 0 bridgehead atoms. The van der Waals surface area contributed by atoms with Crippen LogP contribution in [-0.2, 0) is 20.1 Å². The van der Waals surface area contributed by atoms with E-state index in [2.05, 4.69) is 46.7 Å². The lowest BCUT2D eigenvalue weighted by Gasteiger charge is -2.09. The van der Waals surface area contributed by atoms with Crippen molar-refractivity contribution >= 4 is 11.6 Å². The maximum atomic E-state index is 12.7. The van der Waals surface area contributed by atoms with Crippen LogP contribution >= 0.6 is 0 Å². The number of aromatic nitrogens is 2. The lowest BCUT2D eigenvalue weighted by atomic mass is 10.1. The number of benzene rings is 3. The van der Waals surface area contributed by atoms with Crippen molar-refractivity contribution in [3.05, 3.63) is 102 Å². The van der Waals surface area contributed by atoms with Crippen molar-refractivity contribution in [1.29, 1.82) is 0 Å². The molecule has 1 amide bonds. The molecule has 1 N–H and O–H groups in total. The zero-order valence-corrected chi connectivity index (χ0v) is 16.6. The van der Waals surface area contributed by atoms with Crippen LogP contribution in [0.4, 0.5) is 5.69 Å². The van der Waals surface area contributed by atoms with E-state index < -0.39 is 0 Å². The highest BCUT2D eigenvalue weighted by Gasteiger charge is 2.18. The van der Waals surface area contributed by atoms with Crippen molar-refractivity contribution in [2.45, 2.75) is 13.0 Å². The van der Waals surface area contributed by atoms with Gasteiger partial charge in [-0.05, 0) is 65.1 Å². The summed E-state index contributed by atoms with van der Waals surface area (Å²) in [5, 5.41) is 3.00. The number of hydrogen-bond donors (Lipinski definition) is 1. The first-order chi connectivity index (χ1) is 14.7. The molecule has 0 saturated carbocycles. The van der Waals surface area contributed by atoms with E-state index >= 15 is 0 Å². The van der Waals surface area contributed by atoms with Crippen LogP contribution in [0.3, 0.4) is 0 Å². The van der Waals surface area contributed by atoms with Gasteiger partial charge in [0.2, 0.25) is 0 Å². The van der Waals surface area contributed by atoms with Gasteiger partial charge in [-0.1, -0.05) is 30.3 Å². The quantitative estimate of drug-likeness (QED) is 0.464. The molecule has 0 radical (unpaired) electrons. The summed E-state index contributed by atoms with van der Waals surface area (Å²) >= 11 is 0. The van der Waals surface area contributed by atoms with Crippen molar-refractivity contribution in [3.63, 3.8) is 0 Å². The molecule has 0 atom stereocenters. The van der Waals surface area contributed by atoms with Crippen LogP contribution in [0.15, 0.2) is 79.1 Å². The van der Waals surface area contributed by atoms with Crippen LogP contribution in [0.2, 0.25) is 0 Å². The van der Waals surface area contributed by atoms with Gasteiger partial charge in [0.1, 0.15) is 18.2 Å². The minimum Gasteiger partial charge on any atom is -0.486 e. The summed E-state index contributed by atoms with van der Waals surface area (Å²) in [4.78, 5) is 16.9. The number of aryl methyl sites for hydroxylation is 1. The SMILES string of the molecule is Cn1ccnc1COc1ccc(C(=O)Nc2ccc3c(c2)Cc2ccccc2-3)cc1. The first-order valence-electron chi connectivity index (χ1n) is 9.89. The summed E-state index contributed by atoms with van der Waals surface area (Å²) in [7, 11) is 1.93. The van der Waals surface area contributed by atoms with Crippen LogP contribution in [0.25, 0.3) is 11.1 Å². The minimum absolute atomic E-state index is 0.138. The number of ether oxygens (including phenoxy) is 1. The maximum Gasteiger partial charge on any atom is 0.255 e. The van der Waals surface area contributed by atoms with Gasteiger partial charge in [0.05, 0.1) is 0 Å². The van der Waals surface area contributed by atoms with Crippen molar-refractivity contribution in [2.75, 3.05) is 5.32 Å². The third-order valence-electron chi connectivity index (χ3n) is 5.46. The van der Waals surface area contributed by atoms with Gasteiger partial charge < -0.3 is 14.6 Å². The summed E-state index contributed by atoms with van der Waals surface area (Å²) in [5.41, 5.74) is 6.50. The standard InChI is InChI=1S/C25H21N3O2/c1-28-13-12-26-24(28)16-30-21-9-6-17(7-10-21)25(29)27-20-8-11-23-19(15-20)14-18-4-2-3-5-22(18)23/h2-13,15H,14,16H2,1H3,(H,27,29). The Morgan fingerprint density at radius 1 is 1.03 bits per heavy atom. The molecule has 0 spiro atoms. The molecule has 3 aromatic carbocycles. The third-order valence-corrected chi connectivity index (χ3v) is 5.46. The Bertz CT molecular complexity index is 1230. The largest absolute Gasteiger partial charge is 0.486 e. The predicted molar refractivity (Wildman–Crippen MR) is 117 cm³/mol. The number of carbonyl (C=O) groups is 1. The number of hydrogen-bond acceptors (Lipinski definition) is 3. The molecule has 5 nitrogen and oxygen atoms in total. The molecule has 0 unspecified atom stereocenters. The predicted octanol–water partition coefficient (Wildman–Crippen LogP) is 4.82. The lowest BCUT2D eigenvalue weighted by Crippen LogP contribution is -2.12. The molecule has 0 fully saturated rings. The monoisotopic (exact) mass is 395 g/mol. The Morgan fingerprint density at radius 3 is 2.63 bits per heavy atom. The van der Waals surface area contributed by atoms with Gasteiger partial charge in [0.15, 0.2) is 0 Å². The van der Waals surface area contributed by atoms with Crippen LogP contribution < -0.4 is 10.1 Å². The van der Waals surface area contributed by atoms with E-state index in [1.165, 1.54) is 22.3 Å². The molecule has 5 heteroatoms. The molecule has 1 aliphatic rings. The fraction of sp³-hybridized carbons (Fsp3) is 0.120. The molecule has 4 aromatic rings. The molecule has 0 aliphatic heterocycles. The summed E-state index contributed by atoms with van der Waals surface area (Å²) in [6.45, 7) is 0.382. The van der Waals surface area contributed by atoms with Gasteiger partial charge in [-0.25, -0.2) is 4.98 Å². The molecular formula is C25H21N3O2. The number of nitrogens with zero attached hydrogens (tertiary/aromatic N) is 2. The maximum absolute atomic E-state index is 12.7. The van der Waals surface area contributed by atoms with Crippen LogP contribution in [0.1, 0.15) is 27.3 Å². The van der Waals surface area contributed by atoms with E-state index in [1.54, 1.807) is 30.5 Å². The zero-order valence-electron chi connectivity index (χ0n) is 16.6. The highest BCUT2D eigenvalue weighted by Crippen LogP contribution is 2.37. The Kier molecular flexibility index (Phi) is 4.56. The first kappa shape index (κ1) is 18.2. The summed E-state index contributed by atoms with van der Waals surface area (Å²) in [6, 6.07) is 21.7. The normalized spacial score (nSPS) is 11.6. The van der Waals surface area contributed by atoms with Gasteiger partial charge in [-0.15, -0.1) is 0 Å². The molecule has 1 aromatic heterocycles. The zero-order chi connectivity index (χ0) is 20.5. The topological polar surface area (TPSA) is 56.2 Å². The molecule has 0 saturated heterocycles. The number of fused-ring (bicyclic) bond motifs is 3. The van der Waals surface area contributed by atoms with E-state index in [9.17, 15) is 4.79 Å². The van der Waals surface area contributed by atoms with Crippen molar-refractivity contribution in [2.24, 2.45) is 7.05 Å². The smallest absolute Gasteiger partial charge is 0.255 e. The van der Waals surface area contributed by atoms with Crippen molar-refractivity contribution in [3.8, 4) is 16.9 Å². The summed E-state index contributed by atoms with van der Waals surface area (Å²) in [6.07, 6.45) is 4.52. The minimum atomic E-state index is -0.138. The summed E-state index contributed by atoms with van der Waals surface area (Å²) < 4.78 is 7.66. The molecule has 148 valence electrons. The van der Waals surface area contributed by atoms with Gasteiger partial charge in [0, 0.05) is 30.7 Å². The second kappa shape index (κ2) is 7.52. The molecule has 1 heterocycles. The lowest BCUT2D eigenvalue weighted by molar-refractivity contribution is 0.102. The Labute approximate surface area is 175 Å². The highest BCUT2D eigenvalue weighted by molar-refractivity contribution is 6.04. The Morgan fingerprint density at radius 2 is 1.83 bits per heavy atom. The van der Waals surface area contributed by atoms with Crippen molar-refractivity contribution < 1.29 is 9.53 Å². The number of amides is 1. The van der Waals surface area contributed by atoms with Crippen LogP contribution in [-0.4, -0.2) is 15.5 Å². The first-order valence-corrected chi connectivity index (χ1v) is 9.89. The fourth-order valence-electron chi connectivity index (χ4n) is 3.81. The van der Waals surface area contributed by atoms with Gasteiger partial charge in [0.25, 0.3) is 5.91 Å². The van der Waals surface area contributed by atoms with E-state index in [4.69, 9.17) is 4.74 Å². The Balaban J connectivity index is 1.25. The van der Waals surface area contributed by atoms with Gasteiger partial charge in [-0.2, -0.15) is 0 Å². The number of rotatable bonds is 5. The average Bonchev–Trinajstić information content (AvgIpc) is 3.35. The van der Waals surface area contributed by atoms with Gasteiger partial charge >= 0.3 is 0 Å². The van der Waals surface area contributed by atoms with E-state index in [1.807, 2.05) is 23.9 Å². The van der Waals surface area contributed by atoms with Gasteiger partial charge in [-0.3, -0.25) is 4.79 Å². The van der Waals surface area contributed by atoms with E-state index in [0.717, 1.165) is 17.9 Å². The van der Waals surface area contributed by atoms with E-state index in [0.29, 0.717) is 17.9 Å². The number of nitrogens with one attached hydrogen (secondary N) is 1. The second-order valence-corrected chi connectivity index (χ2v) is 7.43. The summed E-state index contributed by atoms with van der Waals surface area (Å²) in [5.74, 6) is 1.40. The molecule has 30 heavy (non-hydrogen) atoms.